The van der Waals surface area contributed by atoms with Crippen LogP contribution in [0.2, 0.25) is 0 Å². The van der Waals surface area contributed by atoms with Gasteiger partial charge in [-0.3, -0.25) is 4.98 Å². The standard InChI is InChI=1S/C15H17FN2O/c1-10-5-13(11(2)17)3-4-15(10)19-9-12-6-14(16)8-18-7-12/h3-8,11H,9,17H2,1-2H3. The van der Waals surface area contributed by atoms with E-state index in [0.717, 1.165) is 16.9 Å². The SMILES string of the molecule is Cc1cc(C(C)N)ccc1OCc1cncc(F)c1. The second kappa shape index (κ2) is 5.80. The summed E-state index contributed by atoms with van der Waals surface area (Å²) in [6.07, 6.45) is 2.76. The molecule has 3 nitrogen and oxygen atoms in total. The lowest BCUT2D eigenvalue weighted by atomic mass is 10.1. The van der Waals surface area contributed by atoms with E-state index in [1.54, 1.807) is 6.20 Å². The average molecular weight is 260 g/mol. The molecule has 1 aromatic heterocycles. The molecule has 4 heteroatoms. The number of benzene rings is 1. The van der Waals surface area contributed by atoms with Crippen LogP contribution in [0.25, 0.3) is 0 Å². The predicted molar refractivity (Wildman–Crippen MR) is 72.3 cm³/mol. The molecule has 0 spiro atoms. The number of ether oxygens (including phenoxy) is 1. The van der Waals surface area contributed by atoms with Crippen molar-refractivity contribution in [3.63, 3.8) is 0 Å². The molecule has 1 atom stereocenters. The summed E-state index contributed by atoms with van der Waals surface area (Å²) in [6.45, 7) is 4.20. The zero-order chi connectivity index (χ0) is 13.8. The van der Waals surface area contributed by atoms with Crippen LogP contribution in [0.4, 0.5) is 4.39 Å². The first-order chi connectivity index (χ1) is 9.06. The minimum atomic E-state index is -0.356. The van der Waals surface area contributed by atoms with E-state index in [0.29, 0.717) is 12.2 Å². The molecule has 0 aliphatic heterocycles. The lowest BCUT2D eigenvalue weighted by molar-refractivity contribution is 0.303. The maximum absolute atomic E-state index is 13.0. The van der Waals surface area contributed by atoms with Crippen LogP contribution in [0.3, 0.4) is 0 Å². The van der Waals surface area contributed by atoms with Crippen LogP contribution in [0.15, 0.2) is 36.7 Å². The third kappa shape index (κ3) is 3.51. The minimum Gasteiger partial charge on any atom is -0.489 e. The van der Waals surface area contributed by atoms with Crippen LogP contribution in [0.1, 0.15) is 29.7 Å². The van der Waals surface area contributed by atoms with Crippen molar-refractivity contribution in [3.05, 3.63) is 59.2 Å². The van der Waals surface area contributed by atoms with E-state index in [4.69, 9.17) is 10.5 Å². The number of aromatic nitrogens is 1. The Morgan fingerprint density at radius 2 is 2.11 bits per heavy atom. The molecule has 1 unspecified atom stereocenters. The number of nitrogens with zero attached hydrogens (tertiary/aromatic N) is 1. The Morgan fingerprint density at radius 1 is 1.32 bits per heavy atom. The molecule has 2 rings (SSSR count). The first kappa shape index (κ1) is 13.5. The Labute approximate surface area is 112 Å². The van der Waals surface area contributed by atoms with Gasteiger partial charge in [0.15, 0.2) is 0 Å². The summed E-state index contributed by atoms with van der Waals surface area (Å²) in [5.74, 6) is 0.416. The Bertz CT molecular complexity index is 570. The summed E-state index contributed by atoms with van der Waals surface area (Å²) < 4.78 is 18.6. The van der Waals surface area contributed by atoms with Crippen molar-refractivity contribution in [2.75, 3.05) is 0 Å². The number of nitrogens with two attached hydrogens (primary N) is 1. The fraction of sp³-hybridized carbons (Fsp3) is 0.267. The summed E-state index contributed by atoms with van der Waals surface area (Å²) in [6, 6.07) is 7.25. The topological polar surface area (TPSA) is 48.1 Å². The van der Waals surface area contributed by atoms with Crippen LogP contribution < -0.4 is 10.5 Å². The van der Waals surface area contributed by atoms with Crippen LogP contribution in [-0.4, -0.2) is 4.98 Å². The quantitative estimate of drug-likeness (QED) is 0.918. The smallest absolute Gasteiger partial charge is 0.141 e. The normalized spacial score (nSPS) is 12.2. The molecule has 2 aromatic rings. The van der Waals surface area contributed by atoms with Crippen LogP contribution in [0, 0.1) is 12.7 Å². The maximum atomic E-state index is 13.0. The van der Waals surface area contributed by atoms with Crippen molar-refractivity contribution in [1.29, 1.82) is 0 Å². The lowest BCUT2D eigenvalue weighted by Gasteiger charge is -2.12. The van der Waals surface area contributed by atoms with Gasteiger partial charge < -0.3 is 10.5 Å². The molecule has 1 heterocycles. The third-order valence-corrected chi connectivity index (χ3v) is 2.88. The van der Waals surface area contributed by atoms with Crippen LogP contribution >= 0.6 is 0 Å². The van der Waals surface area contributed by atoms with E-state index in [2.05, 4.69) is 4.98 Å². The van der Waals surface area contributed by atoms with Gasteiger partial charge in [0.25, 0.3) is 0 Å². The molecule has 19 heavy (non-hydrogen) atoms. The minimum absolute atomic E-state index is 0.000157. The summed E-state index contributed by atoms with van der Waals surface area (Å²) in [5, 5.41) is 0. The number of aryl methyl sites for hydroxylation is 1. The average Bonchev–Trinajstić information content (AvgIpc) is 2.37. The number of pyridine rings is 1. The van der Waals surface area contributed by atoms with Crippen molar-refractivity contribution in [1.82, 2.24) is 4.98 Å². The largest absolute Gasteiger partial charge is 0.489 e. The van der Waals surface area contributed by atoms with Gasteiger partial charge in [0, 0.05) is 17.8 Å². The van der Waals surface area contributed by atoms with Crippen LogP contribution in [0.5, 0.6) is 5.75 Å². The van der Waals surface area contributed by atoms with Crippen molar-refractivity contribution in [2.45, 2.75) is 26.5 Å². The van der Waals surface area contributed by atoms with Gasteiger partial charge in [-0.25, -0.2) is 4.39 Å². The molecule has 0 radical (unpaired) electrons. The van der Waals surface area contributed by atoms with Crippen molar-refractivity contribution >= 4 is 0 Å². The zero-order valence-electron chi connectivity index (χ0n) is 11.1. The molecule has 0 bridgehead atoms. The van der Waals surface area contributed by atoms with Gasteiger partial charge in [0.2, 0.25) is 0 Å². The van der Waals surface area contributed by atoms with E-state index >= 15 is 0 Å². The van der Waals surface area contributed by atoms with E-state index < -0.39 is 0 Å². The molecular weight excluding hydrogens is 243 g/mol. The fourth-order valence-electron chi connectivity index (χ4n) is 1.81. The Kier molecular flexibility index (Phi) is 4.12. The van der Waals surface area contributed by atoms with Gasteiger partial charge in [-0.15, -0.1) is 0 Å². The highest BCUT2D eigenvalue weighted by Gasteiger charge is 2.05. The number of halogens is 1. The van der Waals surface area contributed by atoms with Gasteiger partial charge in [-0.1, -0.05) is 12.1 Å². The fourth-order valence-corrected chi connectivity index (χ4v) is 1.81. The van der Waals surface area contributed by atoms with Gasteiger partial charge in [-0.2, -0.15) is 0 Å². The van der Waals surface area contributed by atoms with Gasteiger partial charge in [0.1, 0.15) is 18.2 Å². The molecule has 0 aliphatic rings. The first-order valence-electron chi connectivity index (χ1n) is 6.14. The highest BCUT2D eigenvalue weighted by Crippen LogP contribution is 2.22. The summed E-state index contributed by atoms with van der Waals surface area (Å²) in [4.78, 5) is 3.78. The van der Waals surface area contributed by atoms with E-state index in [1.165, 1.54) is 12.3 Å². The molecule has 0 fully saturated rings. The Balaban J connectivity index is 2.07. The molecule has 0 saturated carbocycles. The zero-order valence-corrected chi connectivity index (χ0v) is 11.1. The van der Waals surface area contributed by atoms with Crippen molar-refractivity contribution < 1.29 is 9.13 Å². The van der Waals surface area contributed by atoms with Gasteiger partial charge in [0.05, 0.1) is 6.20 Å². The highest BCUT2D eigenvalue weighted by molar-refractivity contribution is 5.37. The molecule has 100 valence electrons. The van der Waals surface area contributed by atoms with Gasteiger partial charge in [-0.05, 0) is 37.1 Å². The maximum Gasteiger partial charge on any atom is 0.141 e. The molecule has 1 aromatic carbocycles. The van der Waals surface area contributed by atoms with E-state index in [9.17, 15) is 4.39 Å². The predicted octanol–water partition coefficient (Wildman–Crippen LogP) is 3.13. The third-order valence-electron chi connectivity index (χ3n) is 2.88. The number of rotatable bonds is 4. The summed E-state index contributed by atoms with van der Waals surface area (Å²) >= 11 is 0. The lowest BCUT2D eigenvalue weighted by Crippen LogP contribution is -2.05. The van der Waals surface area contributed by atoms with E-state index in [1.807, 2.05) is 32.0 Å². The molecular formula is C15H17FN2O. The van der Waals surface area contributed by atoms with E-state index in [-0.39, 0.29) is 11.9 Å². The molecule has 2 N–H and O–H groups in total. The van der Waals surface area contributed by atoms with Crippen LogP contribution in [-0.2, 0) is 6.61 Å². The second-order valence-corrected chi connectivity index (χ2v) is 4.61. The first-order valence-corrected chi connectivity index (χ1v) is 6.14. The number of hydrogen-bond donors (Lipinski definition) is 1. The Hall–Kier alpha value is -1.94. The van der Waals surface area contributed by atoms with Crippen molar-refractivity contribution in [2.24, 2.45) is 5.73 Å². The molecule has 0 saturated heterocycles. The summed E-state index contributed by atoms with van der Waals surface area (Å²) in [5.41, 5.74) is 8.61. The highest BCUT2D eigenvalue weighted by atomic mass is 19.1. The molecule has 0 amide bonds. The monoisotopic (exact) mass is 260 g/mol. The Morgan fingerprint density at radius 3 is 2.74 bits per heavy atom. The second-order valence-electron chi connectivity index (χ2n) is 4.61. The number of hydrogen-bond acceptors (Lipinski definition) is 3. The molecule has 0 aliphatic carbocycles. The summed E-state index contributed by atoms with van der Waals surface area (Å²) in [7, 11) is 0. The van der Waals surface area contributed by atoms with Gasteiger partial charge >= 0.3 is 0 Å². The van der Waals surface area contributed by atoms with Crippen molar-refractivity contribution in [3.8, 4) is 5.75 Å².